The molecule has 6 nitrogen and oxygen atoms in total. The van der Waals surface area contributed by atoms with E-state index in [1.807, 2.05) is 0 Å². The van der Waals surface area contributed by atoms with Crippen molar-refractivity contribution >= 4 is 11.9 Å². The minimum Gasteiger partial charge on any atom is -0.481 e. The molecule has 0 amide bonds. The number of nitrogens with one attached hydrogen (secondary N) is 2. The maximum atomic E-state index is 11.3. The highest BCUT2D eigenvalue weighted by atomic mass is 16.4. The molecule has 0 aromatic carbocycles. The summed E-state index contributed by atoms with van der Waals surface area (Å²) in [5.41, 5.74) is 0.0806. The maximum Gasteiger partial charge on any atom is 0.303 e. The molecule has 0 saturated heterocycles. The number of aliphatic carboxylic acids is 1. The molecule has 0 fully saturated rings. The van der Waals surface area contributed by atoms with E-state index in [0.29, 0.717) is 11.5 Å². The van der Waals surface area contributed by atoms with Crippen molar-refractivity contribution in [3.63, 3.8) is 0 Å². The van der Waals surface area contributed by atoms with E-state index in [1.54, 1.807) is 7.05 Å². The summed E-state index contributed by atoms with van der Waals surface area (Å²) in [6.45, 7) is 0. The van der Waals surface area contributed by atoms with Crippen LogP contribution in [0, 0.1) is 0 Å². The third-order valence-corrected chi connectivity index (χ3v) is 1.72. The van der Waals surface area contributed by atoms with Crippen LogP contribution in [-0.2, 0) is 11.2 Å². The van der Waals surface area contributed by atoms with Gasteiger partial charge in [-0.2, -0.15) is 0 Å². The summed E-state index contributed by atoms with van der Waals surface area (Å²) in [5, 5.41) is 11.1. The quantitative estimate of drug-likeness (QED) is 0.622. The van der Waals surface area contributed by atoms with Crippen molar-refractivity contribution in [1.29, 1.82) is 0 Å². The van der Waals surface area contributed by atoms with E-state index in [2.05, 4.69) is 15.3 Å². The van der Waals surface area contributed by atoms with Gasteiger partial charge in [-0.3, -0.25) is 14.6 Å². The van der Waals surface area contributed by atoms with Gasteiger partial charge in [-0.15, -0.1) is 0 Å². The van der Waals surface area contributed by atoms with Crippen LogP contribution in [0.15, 0.2) is 11.0 Å². The number of H-pyrrole nitrogens is 1. The highest BCUT2D eigenvalue weighted by Crippen LogP contribution is 1.97. The van der Waals surface area contributed by atoms with E-state index in [-0.39, 0.29) is 18.4 Å². The average Bonchev–Trinajstić information content (AvgIpc) is 2.15. The first-order chi connectivity index (χ1) is 6.63. The van der Waals surface area contributed by atoms with Gasteiger partial charge in [-0.25, -0.2) is 4.98 Å². The van der Waals surface area contributed by atoms with Crippen molar-refractivity contribution in [2.75, 3.05) is 12.4 Å². The number of anilines is 1. The Labute approximate surface area is 80.0 Å². The van der Waals surface area contributed by atoms with E-state index >= 15 is 0 Å². The van der Waals surface area contributed by atoms with Crippen molar-refractivity contribution in [2.45, 2.75) is 12.8 Å². The molecule has 76 valence electrons. The van der Waals surface area contributed by atoms with E-state index in [1.165, 1.54) is 6.20 Å². The van der Waals surface area contributed by atoms with Crippen LogP contribution in [0.4, 0.5) is 5.95 Å². The lowest BCUT2D eigenvalue weighted by atomic mass is 10.2. The standard InChI is InChI=1S/C8H11N3O3/c1-9-8-10-4-5(7(14)11-8)2-3-6(12)13/h4H,2-3H2,1H3,(H,12,13)(H2,9,10,11,14). The molecule has 0 bridgehead atoms. The number of rotatable bonds is 4. The molecule has 0 atom stereocenters. The Morgan fingerprint density at radius 3 is 2.93 bits per heavy atom. The molecule has 0 aliphatic carbocycles. The Balaban J connectivity index is 2.79. The molecule has 0 aliphatic heterocycles. The highest BCUT2D eigenvalue weighted by Gasteiger charge is 2.04. The molecule has 0 unspecified atom stereocenters. The monoisotopic (exact) mass is 197 g/mol. The zero-order valence-corrected chi connectivity index (χ0v) is 7.70. The second kappa shape index (κ2) is 4.40. The first-order valence-corrected chi connectivity index (χ1v) is 4.11. The maximum absolute atomic E-state index is 11.3. The van der Waals surface area contributed by atoms with Gasteiger partial charge in [0.05, 0.1) is 0 Å². The van der Waals surface area contributed by atoms with E-state index in [0.717, 1.165) is 0 Å². The predicted molar refractivity (Wildman–Crippen MR) is 50.4 cm³/mol. The van der Waals surface area contributed by atoms with Gasteiger partial charge in [-0.1, -0.05) is 0 Å². The molecule has 1 aromatic heterocycles. The average molecular weight is 197 g/mol. The number of carboxylic acids is 1. The van der Waals surface area contributed by atoms with Crippen molar-refractivity contribution < 1.29 is 9.90 Å². The van der Waals surface area contributed by atoms with Crippen LogP contribution in [-0.4, -0.2) is 28.1 Å². The molecule has 3 N–H and O–H groups in total. The summed E-state index contributed by atoms with van der Waals surface area (Å²) in [5.74, 6) is -0.559. The minimum absolute atomic E-state index is 0.0658. The van der Waals surface area contributed by atoms with Gasteiger partial charge in [-0.05, 0) is 6.42 Å². The molecule has 0 aliphatic rings. The summed E-state index contributed by atoms with van der Waals surface area (Å²) in [7, 11) is 1.63. The molecular formula is C8H11N3O3. The van der Waals surface area contributed by atoms with Gasteiger partial charge in [0.2, 0.25) is 5.95 Å². The van der Waals surface area contributed by atoms with Gasteiger partial charge in [0, 0.05) is 25.2 Å². The fraction of sp³-hybridized carbons (Fsp3) is 0.375. The van der Waals surface area contributed by atoms with E-state index < -0.39 is 5.97 Å². The van der Waals surface area contributed by atoms with E-state index in [9.17, 15) is 9.59 Å². The lowest BCUT2D eigenvalue weighted by molar-refractivity contribution is -0.136. The van der Waals surface area contributed by atoms with Crippen LogP contribution < -0.4 is 10.9 Å². The summed E-state index contributed by atoms with van der Waals surface area (Å²) >= 11 is 0. The number of hydrogen-bond acceptors (Lipinski definition) is 4. The third-order valence-electron chi connectivity index (χ3n) is 1.72. The smallest absolute Gasteiger partial charge is 0.303 e. The molecule has 1 heterocycles. The largest absolute Gasteiger partial charge is 0.481 e. The fourth-order valence-electron chi connectivity index (χ4n) is 0.968. The number of nitrogens with zero attached hydrogens (tertiary/aromatic N) is 1. The summed E-state index contributed by atoms with van der Waals surface area (Å²) < 4.78 is 0. The number of aromatic nitrogens is 2. The molecule has 0 spiro atoms. The van der Waals surface area contributed by atoms with Crippen LogP contribution in [0.2, 0.25) is 0 Å². The SMILES string of the molecule is CNc1ncc(CCC(=O)O)c(=O)[nH]1. The first kappa shape index (κ1) is 10.2. The summed E-state index contributed by atoms with van der Waals surface area (Å²) in [6, 6.07) is 0. The molecule has 1 aromatic rings. The second-order valence-electron chi connectivity index (χ2n) is 2.73. The first-order valence-electron chi connectivity index (χ1n) is 4.11. The van der Waals surface area contributed by atoms with Crippen molar-refractivity contribution in [2.24, 2.45) is 0 Å². The molecule has 1 rings (SSSR count). The third kappa shape index (κ3) is 2.58. The predicted octanol–water partition coefficient (Wildman–Crippen LogP) is -0.171. The van der Waals surface area contributed by atoms with Crippen LogP contribution in [0.25, 0.3) is 0 Å². The Morgan fingerprint density at radius 2 is 2.43 bits per heavy atom. The van der Waals surface area contributed by atoms with Crippen molar-refractivity contribution in [1.82, 2.24) is 9.97 Å². The zero-order chi connectivity index (χ0) is 10.6. The van der Waals surface area contributed by atoms with Gasteiger partial charge < -0.3 is 10.4 Å². The Morgan fingerprint density at radius 1 is 1.71 bits per heavy atom. The molecule has 14 heavy (non-hydrogen) atoms. The number of aromatic amines is 1. The van der Waals surface area contributed by atoms with Crippen LogP contribution >= 0.6 is 0 Å². The highest BCUT2D eigenvalue weighted by molar-refractivity contribution is 5.67. The number of carboxylic acid groups (broad SMARTS) is 1. The zero-order valence-electron chi connectivity index (χ0n) is 7.70. The Bertz CT molecular complexity index is 386. The molecule has 0 radical (unpaired) electrons. The Kier molecular flexibility index (Phi) is 3.22. The van der Waals surface area contributed by atoms with Gasteiger partial charge in [0.1, 0.15) is 0 Å². The lowest BCUT2D eigenvalue weighted by Gasteiger charge is -2.00. The number of aryl methyl sites for hydroxylation is 1. The Hall–Kier alpha value is -1.85. The van der Waals surface area contributed by atoms with Gasteiger partial charge in [0.25, 0.3) is 5.56 Å². The molecule has 6 heteroatoms. The van der Waals surface area contributed by atoms with Gasteiger partial charge >= 0.3 is 5.97 Å². The van der Waals surface area contributed by atoms with Crippen molar-refractivity contribution in [3.05, 3.63) is 22.1 Å². The number of carbonyl (C=O) groups is 1. The summed E-state index contributed by atoms with van der Waals surface area (Å²) in [4.78, 5) is 27.9. The van der Waals surface area contributed by atoms with Gasteiger partial charge in [0.15, 0.2) is 0 Å². The van der Waals surface area contributed by atoms with Crippen molar-refractivity contribution in [3.8, 4) is 0 Å². The topological polar surface area (TPSA) is 95.1 Å². The molecule has 0 saturated carbocycles. The van der Waals surface area contributed by atoms with Crippen LogP contribution in [0.1, 0.15) is 12.0 Å². The lowest BCUT2D eigenvalue weighted by Crippen LogP contribution is -2.16. The minimum atomic E-state index is -0.929. The van der Waals surface area contributed by atoms with E-state index in [4.69, 9.17) is 5.11 Å². The summed E-state index contributed by atoms with van der Waals surface area (Å²) in [6.07, 6.45) is 1.51. The normalized spacial score (nSPS) is 9.79. The van der Waals surface area contributed by atoms with Crippen LogP contribution in [0.3, 0.4) is 0 Å². The molecular weight excluding hydrogens is 186 g/mol. The number of hydrogen-bond donors (Lipinski definition) is 3. The van der Waals surface area contributed by atoms with Crippen LogP contribution in [0.5, 0.6) is 0 Å². The second-order valence-corrected chi connectivity index (χ2v) is 2.73. The fourth-order valence-corrected chi connectivity index (χ4v) is 0.968.